The Hall–Kier alpha value is -1.29. The molecule has 0 spiro atoms. The average Bonchev–Trinajstić information content (AvgIpc) is 2.10. The number of benzene rings is 1. The number of nitrogens with one attached hydrogen (secondary N) is 1. The van der Waals surface area contributed by atoms with Crippen LogP contribution in [-0.4, -0.2) is 11.1 Å². The van der Waals surface area contributed by atoms with Gasteiger partial charge in [-0.3, -0.25) is 0 Å². The molecule has 0 radical (unpaired) electrons. The molecule has 2 N–H and O–H groups in total. The quantitative estimate of drug-likeness (QED) is 0.817. The molecular formula is C10H10BrNO2. The van der Waals surface area contributed by atoms with Gasteiger partial charge in [-0.25, -0.2) is 4.79 Å². The Morgan fingerprint density at radius 2 is 2.29 bits per heavy atom. The van der Waals surface area contributed by atoms with Crippen molar-refractivity contribution in [2.75, 3.05) is 5.32 Å². The van der Waals surface area contributed by atoms with Crippen LogP contribution in [0.3, 0.4) is 0 Å². The number of carboxylic acid groups (broad SMARTS) is 1. The minimum atomic E-state index is -0.966. The number of aliphatic carboxylic acids is 1. The van der Waals surface area contributed by atoms with Crippen LogP contribution in [-0.2, 0) is 4.79 Å². The van der Waals surface area contributed by atoms with Crippen molar-refractivity contribution in [3.8, 4) is 0 Å². The second-order valence-electron chi connectivity index (χ2n) is 2.78. The Labute approximate surface area is 90.6 Å². The highest BCUT2D eigenvalue weighted by Gasteiger charge is 1.95. The normalized spacial score (nSPS) is 10.4. The Bertz CT molecular complexity index is 374. The van der Waals surface area contributed by atoms with Crippen LogP contribution in [0.1, 0.15) is 5.56 Å². The molecule has 1 aromatic rings. The van der Waals surface area contributed by atoms with Crippen molar-refractivity contribution in [2.24, 2.45) is 0 Å². The van der Waals surface area contributed by atoms with E-state index in [1.807, 2.05) is 25.1 Å². The van der Waals surface area contributed by atoms with Crippen LogP contribution in [0.15, 0.2) is 34.9 Å². The van der Waals surface area contributed by atoms with Gasteiger partial charge in [0.25, 0.3) is 0 Å². The van der Waals surface area contributed by atoms with Crippen LogP contribution < -0.4 is 5.32 Å². The summed E-state index contributed by atoms with van der Waals surface area (Å²) >= 11 is 3.38. The average molecular weight is 256 g/mol. The topological polar surface area (TPSA) is 49.3 Å². The molecule has 4 heteroatoms. The summed E-state index contributed by atoms with van der Waals surface area (Å²) in [5.74, 6) is -0.966. The molecule has 0 aliphatic heterocycles. The Balaban J connectivity index is 2.69. The van der Waals surface area contributed by atoms with Crippen molar-refractivity contribution in [3.63, 3.8) is 0 Å². The van der Waals surface area contributed by atoms with Crippen molar-refractivity contribution < 1.29 is 9.90 Å². The van der Waals surface area contributed by atoms with E-state index in [1.54, 1.807) is 0 Å². The maximum Gasteiger partial charge on any atom is 0.329 e. The molecule has 0 bridgehead atoms. The third kappa shape index (κ3) is 3.22. The first-order valence-electron chi connectivity index (χ1n) is 4.02. The van der Waals surface area contributed by atoms with Gasteiger partial charge >= 0.3 is 5.97 Å². The van der Waals surface area contributed by atoms with E-state index in [0.717, 1.165) is 21.8 Å². The second-order valence-corrected chi connectivity index (χ2v) is 3.63. The lowest BCUT2D eigenvalue weighted by atomic mass is 10.2. The molecule has 0 unspecified atom stereocenters. The number of halogens is 1. The number of carbonyl (C=O) groups is 1. The standard InChI is InChI=1S/C10H10BrNO2/c1-7-6-8(2-3-9(7)11)12-5-4-10(13)14/h2-6,12H,1H3,(H,13,14)/b5-4+. The summed E-state index contributed by atoms with van der Waals surface area (Å²) in [4.78, 5) is 10.2. The summed E-state index contributed by atoms with van der Waals surface area (Å²) in [5, 5.41) is 11.2. The van der Waals surface area contributed by atoms with Gasteiger partial charge in [0.1, 0.15) is 0 Å². The fraction of sp³-hybridized carbons (Fsp3) is 0.100. The van der Waals surface area contributed by atoms with Gasteiger partial charge in [-0.05, 0) is 30.7 Å². The molecule has 74 valence electrons. The molecule has 1 aromatic carbocycles. The Morgan fingerprint density at radius 3 is 2.86 bits per heavy atom. The number of anilines is 1. The largest absolute Gasteiger partial charge is 0.478 e. The highest BCUT2D eigenvalue weighted by molar-refractivity contribution is 9.10. The van der Waals surface area contributed by atoms with Crippen molar-refractivity contribution in [1.29, 1.82) is 0 Å². The first-order chi connectivity index (χ1) is 6.59. The number of hydrogen-bond acceptors (Lipinski definition) is 2. The van der Waals surface area contributed by atoms with Crippen LogP contribution in [0, 0.1) is 6.92 Å². The summed E-state index contributed by atoms with van der Waals surface area (Å²) in [6.45, 7) is 1.97. The van der Waals surface area contributed by atoms with E-state index in [4.69, 9.17) is 5.11 Å². The zero-order valence-corrected chi connectivity index (χ0v) is 9.21. The molecule has 1 rings (SSSR count). The third-order valence-corrected chi connectivity index (χ3v) is 2.52. The predicted octanol–water partition coefficient (Wildman–Crippen LogP) is 2.77. The molecule has 0 atom stereocenters. The van der Waals surface area contributed by atoms with Gasteiger partial charge in [0.2, 0.25) is 0 Å². The van der Waals surface area contributed by atoms with E-state index in [-0.39, 0.29) is 0 Å². The monoisotopic (exact) mass is 255 g/mol. The minimum absolute atomic E-state index is 0.864. The molecule has 0 amide bonds. The first kappa shape index (κ1) is 10.8. The summed E-state index contributed by atoms with van der Waals surface area (Å²) in [5.41, 5.74) is 1.96. The lowest BCUT2D eigenvalue weighted by Crippen LogP contribution is -1.92. The van der Waals surface area contributed by atoms with Crippen LogP contribution in [0.2, 0.25) is 0 Å². The molecule has 0 aliphatic carbocycles. The molecule has 3 nitrogen and oxygen atoms in total. The van der Waals surface area contributed by atoms with Gasteiger partial charge in [0.05, 0.1) is 0 Å². The number of carboxylic acids is 1. The molecule has 14 heavy (non-hydrogen) atoms. The van der Waals surface area contributed by atoms with E-state index in [0.29, 0.717) is 0 Å². The smallest absolute Gasteiger partial charge is 0.329 e. The van der Waals surface area contributed by atoms with Gasteiger partial charge < -0.3 is 10.4 Å². The number of rotatable bonds is 3. The van der Waals surface area contributed by atoms with Gasteiger partial charge in [0.15, 0.2) is 0 Å². The third-order valence-electron chi connectivity index (χ3n) is 1.63. The zero-order chi connectivity index (χ0) is 10.6. The molecule has 0 heterocycles. The SMILES string of the molecule is Cc1cc(N/C=C/C(=O)O)ccc1Br. The highest BCUT2D eigenvalue weighted by Crippen LogP contribution is 2.19. The predicted molar refractivity (Wildman–Crippen MR) is 59.3 cm³/mol. The van der Waals surface area contributed by atoms with E-state index in [9.17, 15) is 4.79 Å². The number of hydrogen-bond donors (Lipinski definition) is 2. The number of aryl methyl sites for hydroxylation is 1. The summed E-state index contributed by atoms with van der Waals surface area (Å²) in [6, 6.07) is 5.70. The lowest BCUT2D eigenvalue weighted by molar-refractivity contribution is -0.131. The van der Waals surface area contributed by atoms with Crippen LogP contribution in [0.25, 0.3) is 0 Å². The zero-order valence-electron chi connectivity index (χ0n) is 7.62. The van der Waals surface area contributed by atoms with Crippen LogP contribution in [0.5, 0.6) is 0 Å². The van der Waals surface area contributed by atoms with Crippen molar-refractivity contribution >= 4 is 27.6 Å². The van der Waals surface area contributed by atoms with Gasteiger partial charge in [-0.1, -0.05) is 15.9 Å². The molecule has 0 saturated carbocycles. The van der Waals surface area contributed by atoms with Crippen LogP contribution in [0.4, 0.5) is 5.69 Å². The fourth-order valence-electron chi connectivity index (χ4n) is 0.944. The maximum absolute atomic E-state index is 10.2. The van der Waals surface area contributed by atoms with Gasteiger partial charge in [-0.2, -0.15) is 0 Å². The van der Waals surface area contributed by atoms with E-state index in [1.165, 1.54) is 6.20 Å². The molecule has 0 aromatic heterocycles. The molecule has 0 saturated heterocycles. The molecule has 0 aliphatic rings. The summed E-state index contributed by atoms with van der Waals surface area (Å²) in [7, 11) is 0. The van der Waals surface area contributed by atoms with E-state index in [2.05, 4.69) is 21.2 Å². The van der Waals surface area contributed by atoms with Gasteiger partial charge in [0, 0.05) is 22.4 Å². The Kier molecular flexibility index (Phi) is 3.71. The van der Waals surface area contributed by atoms with E-state index >= 15 is 0 Å². The van der Waals surface area contributed by atoms with Crippen molar-refractivity contribution in [3.05, 3.63) is 40.5 Å². The van der Waals surface area contributed by atoms with Gasteiger partial charge in [-0.15, -0.1) is 0 Å². The molecular weight excluding hydrogens is 246 g/mol. The first-order valence-corrected chi connectivity index (χ1v) is 4.81. The maximum atomic E-state index is 10.2. The van der Waals surface area contributed by atoms with Crippen molar-refractivity contribution in [1.82, 2.24) is 0 Å². The molecule has 0 fully saturated rings. The van der Waals surface area contributed by atoms with Crippen LogP contribution >= 0.6 is 15.9 Å². The summed E-state index contributed by atoms with van der Waals surface area (Å²) in [6.07, 6.45) is 2.45. The Morgan fingerprint density at radius 1 is 1.57 bits per heavy atom. The van der Waals surface area contributed by atoms with Crippen molar-refractivity contribution in [2.45, 2.75) is 6.92 Å². The van der Waals surface area contributed by atoms with E-state index < -0.39 is 5.97 Å². The second kappa shape index (κ2) is 4.81. The fourth-order valence-corrected chi connectivity index (χ4v) is 1.19. The highest BCUT2D eigenvalue weighted by atomic mass is 79.9. The minimum Gasteiger partial charge on any atom is -0.478 e. The lowest BCUT2D eigenvalue weighted by Gasteiger charge is -2.03. The summed E-state index contributed by atoms with van der Waals surface area (Å²) < 4.78 is 1.03.